The summed E-state index contributed by atoms with van der Waals surface area (Å²) >= 11 is 12.4. The van der Waals surface area contributed by atoms with Crippen LogP contribution in [0.1, 0.15) is 31.8 Å². The van der Waals surface area contributed by atoms with Crippen molar-refractivity contribution < 1.29 is 28.7 Å². The molecular weight excluding hydrogens is 689 g/mol. The molecule has 0 spiro atoms. The van der Waals surface area contributed by atoms with E-state index in [9.17, 15) is 19.2 Å². The number of hydrogen-bond donors (Lipinski definition) is 2. The van der Waals surface area contributed by atoms with E-state index in [-0.39, 0.29) is 29.6 Å². The molecule has 240 valence electrons. The average Bonchev–Trinajstić information content (AvgIpc) is 3.55. The Morgan fingerprint density at radius 2 is 0.917 bits per heavy atom. The van der Waals surface area contributed by atoms with E-state index in [1.165, 1.54) is 0 Å². The van der Waals surface area contributed by atoms with Gasteiger partial charge in [-0.25, -0.2) is 0 Å². The maximum absolute atomic E-state index is 13.3. The van der Waals surface area contributed by atoms with Gasteiger partial charge in [-0.05, 0) is 84.1 Å². The van der Waals surface area contributed by atoms with E-state index in [1.807, 2.05) is 60.7 Å². The van der Waals surface area contributed by atoms with Crippen LogP contribution in [0.5, 0.6) is 11.5 Å². The van der Waals surface area contributed by atoms with Crippen LogP contribution in [0, 0.1) is 0 Å². The number of thioether (sulfide) groups is 2. The summed E-state index contributed by atoms with van der Waals surface area (Å²) in [7, 11) is 0. The molecule has 2 N–H and O–H groups in total. The zero-order valence-corrected chi connectivity index (χ0v) is 28.0. The molecule has 48 heavy (non-hydrogen) atoms. The molecule has 4 aromatic rings. The Bertz CT molecular complexity index is 1800. The summed E-state index contributed by atoms with van der Waals surface area (Å²) in [5.74, 6) is -1.42. The van der Waals surface area contributed by atoms with Crippen molar-refractivity contribution in [1.82, 2.24) is 20.9 Å². The zero-order chi connectivity index (χ0) is 33.6. The van der Waals surface area contributed by atoms with Gasteiger partial charge in [-0.3, -0.25) is 30.0 Å². The minimum absolute atomic E-state index is 0.0148. The molecule has 0 aromatic heterocycles. The first kappa shape index (κ1) is 32.9. The summed E-state index contributed by atoms with van der Waals surface area (Å²) in [5, 5.41) is 1.81. The van der Waals surface area contributed by atoms with Crippen LogP contribution >= 0.6 is 48.0 Å². The lowest BCUT2D eigenvalue weighted by molar-refractivity contribution is -0.126. The molecule has 0 radical (unpaired) electrons. The predicted molar refractivity (Wildman–Crippen MR) is 190 cm³/mol. The van der Waals surface area contributed by atoms with E-state index < -0.39 is 23.6 Å². The van der Waals surface area contributed by atoms with Crippen molar-refractivity contribution in [2.24, 2.45) is 0 Å². The van der Waals surface area contributed by atoms with Crippen LogP contribution in [0.25, 0.3) is 0 Å². The van der Waals surface area contributed by atoms with Crippen molar-refractivity contribution in [3.05, 3.63) is 141 Å². The van der Waals surface area contributed by atoms with E-state index in [4.69, 9.17) is 33.9 Å². The molecule has 0 atom stereocenters. The Morgan fingerprint density at radius 3 is 1.27 bits per heavy atom. The van der Waals surface area contributed by atoms with E-state index >= 15 is 0 Å². The smallest absolute Gasteiger partial charge is 0.286 e. The second-order valence-electron chi connectivity index (χ2n) is 10.2. The van der Waals surface area contributed by atoms with Gasteiger partial charge < -0.3 is 9.47 Å². The van der Waals surface area contributed by atoms with Crippen LogP contribution in [0.15, 0.2) is 119 Å². The number of hydrogen-bond acceptors (Lipinski definition) is 10. The van der Waals surface area contributed by atoms with Crippen molar-refractivity contribution in [2.75, 3.05) is 0 Å². The number of nitrogens with one attached hydrogen (secondary N) is 2. The highest BCUT2D eigenvalue weighted by Gasteiger charge is 2.43. The van der Waals surface area contributed by atoms with E-state index in [1.54, 1.807) is 48.5 Å². The van der Waals surface area contributed by atoms with Crippen LogP contribution < -0.4 is 20.3 Å². The molecule has 2 fully saturated rings. The molecule has 2 aliphatic rings. The first-order valence-corrected chi connectivity index (χ1v) is 16.7. The quantitative estimate of drug-likeness (QED) is 0.155. The van der Waals surface area contributed by atoms with Crippen LogP contribution in [-0.4, -0.2) is 42.3 Å². The third kappa shape index (κ3) is 7.58. The first-order valence-electron chi connectivity index (χ1n) is 14.3. The molecular formula is C34H24N4O6S4. The summed E-state index contributed by atoms with van der Waals surface area (Å²) < 4.78 is 11.6. The van der Waals surface area contributed by atoms with Gasteiger partial charge in [-0.1, -0.05) is 84.2 Å². The summed E-state index contributed by atoms with van der Waals surface area (Å²) in [4.78, 5) is 52.6. The SMILES string of the molecule is O=C(NN1C(=O)/C(=C2\SC(=S)N(NC(=O)c3ccc(OCc4ccccc4)cc3)C2=O)SC1=S)c1ccc(OCc2ccccc2)cc1. The standard InChI is InChI=1S/C34H24N4O6S4/c39-29(23-11-15-25(16-12-23)43-19-21-7-3-1-4-8-21)35-37-31(41)27(47-33(37)45)28-32(42)38(34(46)48-28)36-30(40)24-13-17-26(18-14-24)44-20-22-9-5-2-6-10-22/h1-18H,19-20H2,(H,35,39)(H,36,40)/b28-27+. The van der Waals surface area contributed by atoms with Gasteiger partial charge in [-0.2, -0.15) is 10.0 Å². The van der Waals surface area contributed by atoms with E-state index in [0.29, 0.717) is 24.7 Å². The highest BCUT2D eigenvalue weighted by atomic mass is 32.2. The van der Waals surface area contributed by atoms with Gasteiger partial charge in [0.1, 0.15) is 34.5 Å². The molecule has 2 heterocycles. The Hall–Kier alpha value is -5.02. The lowest BCUT2D eigenvalue weighted by Crippen LogP contribution is -2.45. The maximum atomic E-state index is 13.3. The Kier molecular flexibility index (Phi) is 10.2. The fourth-order valence-electron chi connectivity index (χ4n) is 4.42. The van der Waals surface area contributed by atoms with Crippen molar-refractivity contribution in [3.63, 3.8) is 0 Å². The predicted octanol–water partition coefficient (Wildman–Crippen LogP) is 5.77. The van der Waals surface area contributed by atoms with Gasteiger partial charge in [0.2, 0.25) is 0 Å². The van der Waals surface area contributed by atoms with Crippen LogP contribution in [0.2, 0.25) is 0 Å². The summed E-state index contributed by atoms with van der Waals surface area (Å²) in [6.45, 7) is 0.744. The number of hydrazine groups is 2. The molecule has 4 amide bonds. The Labute approximate surface area is 294 Å². The molecule has 14 heteroatoms. The number of amides is 4. The third-order valence-electron chi connectivity index (χ3n) is 6.90. The zero-order valence-electron chi connectivity index (χ0n) is 24.8. The lowest BCUT2D eigenvalue weighted by Gasteiger charge is -2.16. The first-order chi connectivity index (χ1) is 23.3. The monoisotopic (exact) mass is 712 g/mol. The van der Waals surface area contributed by atoms with Crippen LogP contribution in [-0.2, 0) is 22.8 Å². The van der Waals surface area contributed by atoms with Gasteiger partial charge in [0.15, 0.2) is 8.64 Å². The normalized spacial score (nSPS) is 15.9. The van der Waals surface area contributed by atoms with Gasteiger partial charge in [0.05, 0.1) is 0 Å². The third-order valence-corrected chi connectivity index (χ3v) is 9.78. The minimum Gasteiger partial charge on any atom is -0.489 e. The second-order valence-corrected chi connectivity index (χ2v) is 13.4. The van der Waals surface area contributed by atoms with E-state index in [0.717, 1.165) is 44.7 Å². The maximum Gasteiger partial charge on any atom is 0.286 e. The van der Waals surface area contributed by atoms with Gasteiger partial charge in [-0.15, -0.1) is 0 Å². The van der Waals surface area contributed by atoms with Crippen LogP contribution in [0.4, 0.5) is 0 Å². The van der Waals surface area contributed by atoms with Crippen molar-refractivity contribution >= 4 is 80.2 Å². The molecule has 10 nitrogen and oxygen atoms in total. The van der Waals surface area contributed by atoms with Crippen LogP contribution in [0.3, 0.4) is 0 Å². The molecule has 6 rings (SSSR count). The topological polar surface area (TPSA) is 117 Å². The van der Waals surface area contributed by atoms with Gasteiger partial charge >= 0.3 is 0 Å². The summed E-state index contributed by atoms with van der Waals surface area (Å²) in [6.07, 6.45) is 0. The summed E-state index contributed by atoms with van der Waals surface area (Å²) in [6, 6.07) is 32.2. The molecule has 2 aliphatic heterocycles. The number of carbonyl (C=O) groups is 4. The number of benzene rings is 4. The molecule has 0 saturated carbocycles. The highest BCUT2D eigenvalue weighted by Crippen LogP contribution is 2.41. The molecule has 0 unspecified atom stereocenters. The van der Waals surface area contributed by atoms with Gasteiger partial charge in [0.25, 0.3) is 23.6 Å². The van der Waals surface area contributed by atoms with Crippen molar-refractivity contribution in [3.8, 4) is 11.5 Å². The second kappa shape index (κ2) is 14.8. The largest absolute Gasteiger partial charge is 0.489 e. The molecule has 4 aromatic carbocycles. The minimum atomic E-state index is -0.695. The lowest BCUT2D eigenvalue weighted by atomic mass is 10.2. The molecule has 2 saturated heterocycles. The molecule has 0 aliphatic carbocycles. The fraction of sp³-hybridized carbons (Fsp3) is 0.0588. The Balaban J connectivity index is 1.05. The van der Waals surface area contributed by atoms with E-state index in [2.05, 4.69) is 10.9 Å². The Morgan fingerprint density at radius 1 is 0.562 bits per heavy atom. The average molecular weight is 713 g/mol. The van der Waals surface area contributed by atoms with Gasteiger partial charge in [0, 0.05) is 11.1 Å². The summed E-state index contributed by atoms with van der Waals surface area (Å²) in [5.41, 5.74) is 7.54. The van der Waals surface area contributed by atoms with Crippen molar-refractivity contribution in [1.29, 1.82) is 0 Å². The number of nitrogens with zero attached hydrogens (tertiary/aromatic N) is 2. The number of thiocarbonyl (C=S) groups is 2. The molecule has 0 bridgehead atoms. The number of carbonyl (C=O) groups excluding carboxylic acids is 4. The fourth-order valence-corrected chi connectivity index (χ4v) is 6.93. The highest BCUT2D eigenvalue weighted by molar-refractivity contribution is 8.29. The number of rotatable bonds is 10. The van der Waals surface area contributed by atoms with Crippen molar-refractivity contribution in [2.45, 2.75) is 13.2 Å². The number of ether oxygens (including phenoxy) is 2.